The lowest BCUT2D eigenvalue weighted by Gasteiger charge is -2.30. The molecule has 0 aliphatic carbocycles. The van der Waals surface area contributed by atoms with Crippen LogP contribution in [0, 0.1) is 41.5 Å². The molecule has 132 valence electrons. The molecule has 0 N–H and O–H groups in total. The molecule has 25 heavy (non-hydrogen) atoms. The fourth-order valence-corrected chi connectivity index (χ4v) is 4.14. The van der Waals surface area contributed by atoms with Gasteiger partial charge in [0.1, 0.15) is 11.0 Å². The van der Waals surface area contributed by atoms with Crippen molar-refractivity contribution in [2.24, 2.45) is 4.99 Å². The first-order valence-electron chi connectivity index (χ1n) is 8.96. The molecule has 2 aromatic carbocycles. The fourth-order valence-electron chi connectivity index (χ4n) is 4.14. The molecule has 3 rings (SSSR count). The molecule has 0 amide bonds. The lowest BCUT2D eigenvalue weighted by molar-refractivity contribution is 0.455. The molecule has 0 bridgehead atoms. The lowest BCUT2D eigenvalue weighted by Crippen LogP contribution is -2.25. The summed E-state index contributed by atoms with van der Waals surface area (Å²) in [6.45, 7) is 23.8. The van der Waals surface area contributed by atoms with Gasteiger partial charge in [0, 0.05) is 5.56 Å². The van der Waals surface area contributed by atoms with Crippen molar-refractivity contribution in [2.45, 2.75) is 67.7 Å². The van der Waals surface area contributed by atoms with Crippen LogP contribution in [0.3, 0.4) is 0 Å². The number of hydrogen-bond donors (Lipinski definition) is 0. The summed E-state index contributed by atoms with van der Waals surface area (Å²) in [5, 5.41) is 2.01. The van der Waals surface area contributed by atoms with Gasteiger partial charge in [0.25, 0.3) is 0 Å². The molecular weight excluding hydrogens is 306 g/mol. The van der Waals surface area contributed by atoms with E-state index in [2.05, 4.69) is 68.9 Å². The Bertz CT molecular complexity index is 1020. The second kappa shape index (κ2) is 5.45. The van der Waals surface area contributed by atoms with Gasteiger partial charge in [0.2, 0.25) is 0 Å². The third-order valence-electron chi connectivity index (χ3n) is 5.78. The largest absolute Gasteiger partial charge is 0.452 e. The maximum absolute atomic E-state index is 6.49. The molecule has 0 aromatic heterocycles. The van der Waals surface area contributed by atoms with E-state index in [0.717, 1.165) is 38.9 Å². The molecule has 0 unspecified atom stereocenters. The van der Waals surface area contributed by atoms with Gasteiger partial charge in [-0.25, -0.2) is 4.99 Å². The molecule has 0 spiro atoms. The standard InChI is InChI=1S/C23H29NO/c1-11-12(2)16(6)21-19(14(11)4)24-20-15(5)13(3)18(23(8,9)10)17(7)22(20)25-21/h2H2,1,3-10H3. The molecule has 0 saturated heterocycles. The summed E-state index contributed by atoms with van der Waals surface area (Å²) in [7, 11) is 0. The van der Waals surface area contributed by atoms with E-state index in [4.69, 9.17) is 9.73 Å². The minimum absolute atomic E-state index is 0.0628. The van der Waals surface area contributed by atoms with Gasteiger partial charge < -0.3 is 4.74 Å². The average molecular weight is 335 g/mol. The van der Waals surface area contributed by atoms with Crippen molar-refractivity contribution in [3.63, 3.8) is 0 Å². The van der Waals surface area contributed by atoms with Gasteiger partial charge in [-0.2, -0.15) is 0 Å². The van der Waals surface area contributed by atoms with Crippen molar-refractivity contribution in [1.82, 2.24) is 0 Å². The number of benzene rings is 2. The van der Waals surface area contributed by atoms with Gasteiger partial charge in [-0.05, 0) is 85.6 Å². The maximum Gasteiger partial charge on any atom is 0.156 e. The molecule has 0 saturated carbocycles. The molecule has 2 heteroatoms. The monoisotopic (exact) mass is 335 g/mol. The van der Waals surface area contributed by atoms with Crippen LogP contribution >= 0.6 is 0 Å². The van der Waals surface area contributed by atoms with Gasteiger partial charge in [0.15, 0.2) is 11.5 Å². The van der Waals surface area contributed by atoms with Crippen LogP contribution in [0.4, 0.5) is 5.69 Å². The van der Waals surface area contributed by atoms with Crippen LogP contribution in [0.5, 0.6) is 11.5 Å². The number of rotatable bonds is 0. The van der Waals surface area contributed by atoms with Gasteiger partial charge in [-0.15, -0.1) is 0 Å². The highest BCUT2D eigenvalue weighted by atomic mass is 16.5. The number of nitrogens with zero attached hydrogens (tertiary/aromatic N) is 1. The Morgan fingerprint density at radius 3 is 1.88 bits per heavy atom. The van der Waals surface area contributed by atoms with Gasteiger partial charge in [-0.1, -0.05) is 27.4 Å². The molecule has 2 aromatic rings. The molecule has 2 nitrogen and oxygen atoms in total. The van der Waals surface area contributed by atoms with Crippen LogP contribution in [0.25, 0.3) is 6.58 Å². The zero-order valence-corrected chi connectivity index (χ0v) is 17.1. The minimum Gasteiger partial charge on any atom is -0.452 e. The molecule has 1 aliphatic rings. The Kier molecular flexibility index (Phi) is 3.87. The maximum atomic E-state index is 6.49. The van der Waals surface area contributed by atoms with Crippen molar-refractivity contribution in [3.05, 3.63) is 49.5 Å². The van der Waals surface area contributed by atoms with Crippen molar-refractivity contribution < 1.29 is 4.74 Å². The first-order valence-corrected chi connectivity index (χ1v) is 8.96. The highest BCUT2D eigenvalue weighted by Gasteiger charge is 2.28. The van der Waals surface area contributed by atoms with Gasteiger partial charge in [0.05, 0.1) is 0 Å². The molecule has 0 fully saturated rings. The van der Waals surface area contributed by atoms with E-state index in [0.29, 0.717) is 0 Å². The van der Waals surface area contributed by atoms with Crippen LogP contribution in [-0.4, -0.2) is 0 Å². The summed E-state index contributed by atoms with van der Waals surface area (Å²) in [5.41, 5.74) is 9.57. The summed E-state index contributed by atoms with van der Waals surface area (Å²) >= 11 is 0. The Hall–Kier alpha value is -2.09. The minimum atomic E-state index is 0.0628. The Labute approximate surface area is 151 Å². The Balaban J connectivity index is 2.48. The van der Waals surface area contributed by atoms with Gasteiger partial charge in [-0.3, -0.25) is 0 Å². The predicted molar refractivity (Wildman–Crippen MR) is 106 cm³/mol. The van der Waals surface area contributed by atoms with Crippen molar-refractivity contribution in [3.8, 4) is 11.5 Å². The third-order valence-corrected chi connectivity index (χ3v) is 5.78. The zero-order valence-electron chi connectivity index (χ0n) is 17.1. The molecule has 0 radical (unpaired) electrons. The zero-order chi connectivity index (χ0) is 18.8. The second-order valence-corrected chi connectivity index (χ2v) is 8.42. The van der Waals surface area contributed by atoms with E-state index in [-0.39, 0.29) is 5.41 Å². The van der Waals surface area contributed by atoms with E-state index in [1.54, 1.807) is 0 Å². The smallest absolute Gasteiger partial charge is 0.156 e. The topological polar surface area (TPSA) is 21.6 Å². The first kappa shape index (κ1) is 17.7. The predicted octanol–water partition coefficient (Wildman–Crippen LogP) is 5.30. The van der Waals surface area contributed by atoms with Crippen LogP contribution in [0.1, 0.15) is 59.7 Å². The Morgan fingerprint density at radius 1 is 0.720 bits per heavy atom. The van der Waals surface area contributed by atoms with Crippen molar-refractivity contribution in [2.75, 3.05) is 0 Å². The third kappa shape index (κ3) is 2.42. The van der Waals surface area contributed by atoms with E-state index in [1.807, 2.05) is 0 Å². The van der Waals surface area contributed by atoms with Crippen molar-refractivity contribution in [1.29, 1.82) is 0 Å². The fraction of sp³-hybridized carbons (Fsp3) is 0.435. The van der Waals surface area contributed by atoms with E-state index in [9.17, 15) is 0 Å². The second-order valence-electron chi connectivity index (χ2n) is 8.42. The van der Waals surface area contributed by atoms with E-state index in [1.165, 1.54) is 27.8 Å². The first-order chi connectivity index (χ1) is 11.5. The summed E-state index contributed by atoms with van der Waals surface area (Å²) < 4.78 is 6.49. The number of fused-ring (bicyclic) bond motifs is 2. The average Bonchev–Trinajstić information content (AvgIpc) is 2.53. The summed E-state index contributed by atoms with van der Waals surface area (Å²) in [6, 6.07) is 0. The van der Waals surface area contributed by atoms with E-state index < -0.39 is 0 Å². The molecule has 1 aliphatic heterocycles. The van der Waals surface area contributed by atoms with E-state index >= 15 is 0 Å². The lowest BCUT2D eigenvalue weighted by atomic mass is 9.79. The van der Waals surface area contributed by atoms with Gasteiger partial charge >= 0.3 is 0 Å². The summed E-state index contributed by atoms with van der Waals surface area (Å²) in [6.07, 6.45) is 0. The van der Waals surface area contributed by atoms with Crippen LogP contribution < -0.4 is 15.3 Å². The normalized spacial score (nSPS) is 13.0. The molecule has 1 heterocycles. The highest BCUT2D eigenvalue weighted by molar-refractivity contribution is 5.70. The summed E-state index contributed by atoms with van der Waals surface area (Å²) in [5.74, 6) is 1.78. The van der Waals surface area contributed by atoms with Crippen LogP contribution in [0.15, 0.2) is 4.99 Å². The number of ether oxygens (including phenoxy) is 1. The molecule has 0 atom stereocenters. The van der Waals surface area contributed by atoms with Crippen LogP contribution in [0.2, 0.25) is 0 Å². The molecular formula is C23H29NO. The van der Waals surface area contributed by atoms with Crippen molar-refractivity contribution >= 4 is 12.3 Å². The van der Waals surface area contributed by atoms with Crippen LogP contribution in [-0.2, 0) is 5.41 Å². The highest BCUT2D eigenvalue weighted by Crippen LogP contribution is 2.46. The SMILES string of the molecule is C=c1c(C)c(C)c2c(c1C)Oc1c(C)c(C(C)(C)C)c(C)c(C)c1N=2. The number of hydrogen-bond acceptors (Lipinski definition) is 2. The summed E-state index contributed by atoms with van der Waals surface area (Å²) in [4.78, 5) is 5.06. The quantitative estimate of drug-likeness (QED) is 0.546. The Morgan fingerprint density at radius 2 is 1.32 bits per heavy atom.